The van der Waals surface area contributed by atoms with Crippen molar-refractivity contribution < 1.29 is 14.7 Å². The minimum atomic E-state index is -1.23. The maximum Gasteiger partial charge on any atom is 0.351 e. The number of rotatable bonds is 4. The number of carbonyl (C=O) groups is 2. The van der Waals surface area contributed by atoms with E-state index < -0.39 is 11.9 Å². The topological polar surface area (TPSA) is 66.4 Å². The molecule has 1 amide bonds. The van der Waals surface area contributed by atoms with Gasteiger partial charge in [-0.15, -0.1) is 6.58 Å². The Bertz CT molecular complexity index is 208. The average Bonchev–Trinajstić information content (AvgIpc) is 1.87. The zero-order chi connectivity index (χ0) is 8.85. The number of carbonyl (C=O) groups excluding carboxylic acids is 1. The Morgan fingerprint density at radius 1 is 1.55 bits per heavy atom. The van der Waals surface area contributed by atoms with E-state index in [0.717, 1.165) is 0 Å². The van der Waals surface area contributed by atoms with Gasteiger partial charge >= 0.3 is 5.97 Å². The van der Waals surface area contributed by atoms with Crippen LogP contribution in [0.5, 0.6) is 0 Å². The molecule has 4 heteroatoms. The van der Waals surface area contributed by atoms with E-state index in [1.807, 2.05) is 0 Å². The van der Waals surface area contributed by atoms with Gasteiger partial charge in [0, 0.05) is 6.42 Å². The number of amides is 1. The molecular weight excluding hydrogens is 146 g/mol. The lowest BCUT2D eigenvalue weighted by Crippen LogP contribution is -2.25. The predicted octanol–water partition coefficient (Wildman–Crippen LogP) is 0.277. The van der Waals surface area contributed by atoms with Gasteiger partial charge in [0.2, 0.25) is 5.91 Å². The molecule has 0 bridgehead atoms. The van der Waals surface area contributed by atoms with Crippen LogP contribution in [-0.4, -0.2) is 17.0 Å². The van der Waals surface area contributed by atoms with Crippen LogP contribution in [0, 0.1) is 0 Å². The highest BCUT2D eigenvalue weighted by Gasteiger charge is 2.05. The Morgan fingerprint density at radius 3 is 2.45 bits per heavy atom. The number of hydrogen-bond acceptors (Lipinski definition) is 2. The maximum atomic E-state index is 10.7. The Morgan fingerprint density at radius 2 is 2.09 bits per heavy atom. The highest BCUT2D eigenvalue weighted by atomic mass is 16.4. The molecule has 0 aromatic heterocycles. The van der Waals surface area contributed by atoms with Crippen molar-refractivity contribution >= 4 is 11.9 Å². The van der Waals surface area contributed by atoms with Gasteiger partial charge in [0.05, 0.1) is 0 Å². The van der Waals surface area contributed by atoms with Gasteiger partial charge in [0.25, 0.3) is 0 Å². The number of carboxylic acids is 1. The summed E-state index contributed by atoms with van der Waals surface area (Å²) < 4.78 is 0. The lowest BCUT2D eigenvalue weighted by atomic mass is 10.4. The molecule has 4 nitrogen and oxygen atoms in total. The summed E-state index contributed by atoms with van der Waals surface area (Å²) in [6.07, 6.45) is 1.47. The smallest absolute Gasteiger partial charge is 0.351 e. The highest BCUT2D eigenvalue weighted by molar-refractivity contribution is 5.92. The van der Waals surface area contributed by atoms with Gasteiger partial charge < -0.3 is 10.4 Å². The van der Waals surface area contributed by atoms with Gasteiger partial charge in [-0.1, -0.05) is 12.7 Å². The third-order valence-corrected chi connectivity index (χ3v) is 0.878. The van der Waals surface area contributed by atoms with Gasteiger partial charge in [-0.3, -0.25) is 4.79 Å². The number of hydrogen-bond donors (Lipinski definition) is 2. The standard InChI is InChI=1S/C7H9NO3/c1-3-4-6(9)8-5(2)7(10)11/h3H,1-2,4H2,(H,8,9)(H,10,11). The second kappa shape index (κ2) is 4.27. The van der Waals surface area contributed by atoms with E-state index >= 15 is 0 Å². The van der Waals surface area contributed by atoms with Crippen molar-refractivity contribution in [3.05, 3.63) is 24.9 Å². The summed E-state index contributed by atoms with van der Waals surface area (Å²) >= 11 is 0. The first-order valence-corrected chi connectivity index (χ1v) is 2.91. The second-order valence-electron chi connectivity index (χ2n) is 1.82. The average molecular weight is 155 g/mol. The van der Waals surface area contributed by atoms with E-state index in [1.165, 1.54) is 6.08 Å². The summed E-state index contributed by atoms with van der Waals surface area (Å²) in [5, 5.41) is 10.3. The van der Waals surface area contributed by atoms with Gasteiger partial charge in [0.1, 0.15) is 5.70 Å². The van der Waals surface area contributed by atoms with Crippen molar-refractivity contribution in [2.75, 3.05) is 0 Å². The molecule has 0 unspecified atom stereocenters. The molecule has 0 aliphatic carbocycles. The van der Waals surface area contributed by atoms with Crippen LogP contribution in [0.15, 0.2) is 24.9 Å². The van der Waals surface area contributed by atoms with E-state index in [0.29, 0.717) is 0 Å². The fourth-order valence-corrected chi connectivity index (χ4v) is 0.404. The zero-order valence-corrected chi connectivity index (χ0v) is 5.96. The molecule has 0 radical (unpaired) electrons. The fraction of sp³-hybridized carbons (Fsp3) is 0.143. The molecule has 0 aromatic rings. The van der Waals surface area contributed by atoms with E-state index in [-0.39, 0.29) is 12.1 Å². The minimum absolute atomic E-state index is 0.0896. The molecule has 0 atom stereocenters. The lowest BCUT2D eigenvalue weighted by Gasteiger charge is -2.00. The van der Waals surface area contributed by atoms with Crippen molar-refractivity contribution in [1.29, 1.82) is 0 Å². The molecule has 0 aromatic carbocycles. The number of nitrogens with one attached hydrogen (secondary N) is 1. The Kier molecular flexibility index (Phi) is 3.66. The van der Waals surface area contributed by atoms with Crippen LogP contribution in [0.4, 0.5) is 0 Å². The van der Waals surface area contributed by atoms with Crippen LogP contribution in [0.1, 0.15) is 6.42 Å². The third kappa shape index (κ3) is 3.91. The molecule has 0 fully saturated rings. The quantitative estimate of drug-likeness (QED) is 0.452. The molecule has 0 spiro atoms. The summed E-state index contributed by atoms with van der Waals surface area (Å²) in [4.78, 5) is 20.8. The first kappa shape index (κ1) is 9.42. The van der Waals surface area contributed by atoms with E-state index in [1.54, 1.807) is 0 Å². The fourth-order valence-electron chi connectivity index (χ4n) is 0.404. The predicted molar refractivity (Wildman–Crippen MR) is 39.7 cm³/mol. The van der Waals surface area contributed by atoms with Crippen molar-refractivity contribution in [3.63, 3.8) is 0 Å². The SMILES string of the molecule is C=CCC(=O)NC(=C)C(=O)O. The first-order chi connectivity index (χ1) is 5.07. The van der Waals surface area contributed by atoms with Gasteiger partial charge in [-0.05, 0) is 0 Å². The van der Waals surface area contributed by atoms with Crippen LogP contribution in [-0.2, 0) is 9.59 Å². The zero-order valence-electron chi connectivity index (χ0n) is 5.96. The molecule has 0 saturated heterocycles. The normalized spacial score (nSPS) is 8.36. The maximum absolute atomic E-state index is 10.7. The van der Waals surface area contributed by atoms with E-state index in [2.05, 4.69) is 18.5 Å². The van der Waals surface area contributed by atoms with E-state index in [9.17, 15) is 9.59 Å². The van der Waals surface area contributed by atoms with Crippen LogP contribution >= 0.6 is 0 Å². The lowest BCUT2D eigenvalue weighted by molar-refractivity contribution is -0.134. The van der Waals surface area contributed by atoms with Gasteiger partial charge in [-0.25, -0.2) is 4.79 Å². The van der Waals surface area contributed by atoms with Crippen LogP contribution in [0.3, 0.4) is 0 Å². The van der Waals surface area contributed by atoms with Gasteiger partial charge in [-0.2, -0.15) is 0 Å². The third-order valence-electron chi connectivity index (χ3n) is 0.878. The molecule has 0 heterocycles. The Balaban J connectivity index is 3.85. The van der Waals surface area contributed by atoms with Crippen molar-refractivity contribution in [1.82, 2.24) is 5.32 Å². The molecular formula is C7H9NO3. The molecule has 2 N–H and O–H groups in total. The van der Waals surface area contributed by atoms with Crippen LogP contribution < -0.4 is 5.32 Å². The van der Waals surface area contributed by atoms with Crippen molar-refractivity contribution in [2.24, 2.45) is 0 Å². The molecule has 11 heavy (non-hydrogen) atoms. The van der Waals surface area contributed by atoms with Crippen LogP contribution in [0.2, 0.25) is 0 Å². The van der Waals surface area contributed by atoms with Crippen molar-refractivity contribution in [2.45, 2.75) is 6.42 Å². The summed E-state index contributed by atoms with van der Waals surface area (Å²) in [5.41, 5.74) is -0.322. The molecule has 0 aliphatic heterocycles. The highest BCUT2D eigenvalue weighted by Crippen LogP contribution is 1.86. The Labute approximate surface area is 64.2 Å². The number of aliphatic carboxylic acids is 1. The molecule has 0 rings (SSSR count). The van der Waals surface area contributed by atoms with E-state index in [4.69, 9.17) is 5.11 Å². The first-order valence-electron chi connectivity index (χ1n) is 2.91. The van der Waals surface area contributed by atoms with Crippen LogP contribution in [0.25, 0.3) is 0 Å². The molecule has 0 saturated carbocycles. The monoisotopic (exact) mass is 155 g/mol. The minimum Gasteiger partial charge on any atom is -0.477 e. The Hall–Kier alpha value is -1.58. The van der Waals surface area contributed by atoms with Gasteiger partial charge in [0.15, 0.2) is 0 Å². The summed E-state index contributed by atoms with van der Waals surface area (Å²) in [5.74, 6) is -1.66. The summed E-state index contributed by atoms with van der Waals surface area (Å²) in [6.45, 7) is 6.43. The number of carboxylic acid groups (broad SMARTS) is 1. The largest absolute Gasteiger partial charge is 0.477 e. The summed E-state index contributed by atoms with van der Waals surface area (Å²) in [7, 11) is 0. The molecule has 60 valence electrons. The second-order valence-corrected chi connectivity index (χ2v) is 1.82. The molecule has 0 aliphatic rings. The summed E-state index contributed by atoms with van der Waals surface area (Å²) in [6, 6.07) is 0. The van der Waals surface area contributed by atoms with Crippen molar-refractivity contribution in [3.8, 4) is 0 Å².